The highest BCUT2D eigenvalue weighted by molar-refractivity contribution is 4.99. The Labute approximate surface area is 98.5 Å². The van der Waals surface area contributed by atoms with Crippen LogP contribution in [0.5, 0.6) is 0 Å². The van der Waals surface area contributed by atoms with Crippen LogP contribution in [0.25, 0.3) is 0 Å². The van der Waals surface area contributed by atoms with Gasteiger partial charge in [0.1, 0.15) is 0 Å². The third-order valence-corrected chi connectivity index (χ3v) is 5.15. The minimum Gasteiger partial charge on any atom is -0.381 e. The van der Waals surface area contributed by atoms with Crippen molar-refractivity contribution in [3.8, 4) is 0 Å². The van der Waals surface area contributed by atoms with E-state index >= 15 is 0 Å². The molecule has 0 saturated carbocycles. The number of rotatable bonds is 2. The first-order chi connectivity index (χ1) is 7.77. The SMILES string of the molecule is CC(C1CCOC1)N1CC2CNCC2C1C. The van der Waals surface area contributed by atoms with Crippen molar-refractivity contribution in [1.82, 2.24) is 10.2 Å². The van der Waals surface area contributed by atoms with Crippen LogP contribution in [-0.2, 0) is 4.74 Å². The van der Waals surface area contributed by atoms with Crippen LogP contribution in [0.2, 0.25) is 0 Å². The molecular formula is C13H24N2O. The van der Waals surface area contributed by atoms with E-state index in [4.69, 9.17) is 4.74 Å². The first kappa shape index (κ1) is 11.0. The molecule has 3 heteroatoms. The summed E-state index contributed by atoms with van der Waals surface area (Å²) < 4.78 is 5.53. The standard InChI is InChI=1S/C13H24N2O/c1-9(11-3-4-16-8-11)15-7-12-5-14-6-13(12)10(15)2/h9-14H,3-8H2,1-2H3. The molecule has 5 atom stereocenters. The van der Waals surface area contributed by atoms with Crippen LogP contribution >= 0.6 is 0 Å². The molecule has 3 aliphatic heterocycles. The van der Waals surface area contributed by atoms with E-state index in [1.54, 1.807) is 0 Å². The van der Waals surface area contributed by atoms with Crippen LogP contribution in [0.15, 0.2) is 0 Å². The molecule has 0 aromatic carbocycles. The van der Waals surface area contributed by atoms with Gasteiger partial charge < -0.3 is 10.1 Å². The Kier molecular flexibility index (Phi) is 2.94. The van der Waals surface area contributed by atoms with Gasteiger partial charge in [0.25, 0.3) is 0 Å². The molecular weight excluding hydrogens is 200 g/mol. The van der Waals surface area contributed by atoms with Crippen molar-refractivity contribution in [2.24, 2.45) is 17.8 Å². The molecule has 0 bridgehead atoms. The van der Waals surface area contributed by atoms with Gasteiger partial charge in [0, 0.05) is 25.2 Å². The summed E-state index contributed by atoms with van der Waals surface area (Å²) >= 11 is 0. The van der Waals surface area contributed by atoms with Crippen LogP contribution < -0.4 is 5.32 Å². The van der Waals surface area contributed by atoms with Gasteiger partial charge in [0.2, 0.25) is 0 Å². The fourth-order valence-electron chi connectivity index (χ4n) is 3.94. The van der Waals surface area contributed by atoms with Gasteiger partial charge in [-0.3, -0.25) is 4.90 Å². The zero-order valence-corrected chi connectivity index (χ0v) is 10.5. The molecule has 3 heterocycles. The Morgan fingerprint density at radius 3 is 2.94 bits per heavy atom. The normalized spacial score (nSPS) is 46.1. The fourth-order valence-corrected chi connectivity index (χ4v) is 3.94. The minimum atomic E-state index is 0.711. The molecule has 3 rings (SSSR count). The molecule has 0 aromatic heterocycles. The van der Waals surface area contributed by atoms with E-state index in [0.29, 0.717) is 6.04 Å². The zero-order chi connectivity index (χ0) is 11.1. The average molecular weight is 224 g/mol. The lowest BCUT2D eigenvalue weighted by Gasteiger charge is -2.33. The summed E-state index contributed by atoms with van der Waals surface area (Å²) in [6.45, 7) is 10.6. The first-order valence-corrected chi connectivity index (χ1v) is 6.81. The Hall–Kier alpha value is -0.120. The number of nitrogens with zero attached hydrogens (tertiary/aromatic N) is 1. The highest BCUT2D eigenvalue weighted by Gasteiger charge is 2.44. The van der Waals surface area contributed by atoms with Crippen molar-refractivity contribution in [3.63, 3.8) is 0 Å². The maximum atomic E-state index is 5.53. The van der Waals surface area contributed by atoms with E-state index in [0.717, 1.165) is 37.0 Å². The fraction of sp³-hybridized carbons (Fsp3) is 1.00. The highest BCUT2D eigenvalue weighted by Crippen LogP contribution is 2.36. The second kappa shape index (κ2) is 4.28. The third kappa shape index (κ3) is 1.69. The van der Waals surface area contributed by atoms with Crippen molar-refractivity contribution in [2.75, 3.05) is 32.8 Å². The summed E-state index contributed by atoms with van der Waals surface area (Å²) in [5.41, 5.74) is 0. The van der Waals surface area contributed by atoms with Crippen molar-refractivity contribution in [1.29, 1.82) is 0 Å². The highest BCUT2D eigenvalue weighted by atomic mass is 16.5. The molecule has 0 aromatic rings. The van der Waals surface area contributed by atoms with Gasteiger partial charge >= 0.3 is 0 Å². The number of fused-ring (bicyclic) bond motifs is 1. The Bertz CT molecular complexity index is 252. The van der Waals surface area contributed by atoms with Gasteiger partial charge in [-0.1, -0.05) is 0 Å². The van der Waals surface area contributed by atoms with Gasteiger partial charge in [-0.15, -0.1) is 0 Å². The van der Waals surface area contributed by atoms with E-state index in [1.807, 2.05) is 0 Å². The molecule has 3 nitrogen and oxygen atoms in total. The van der Waals surface area contributed by atoms with Gasteiger partial charge in [0.05, 0.1) is 6.61 Å². The molecule has 3 saturated heterocycles. The second-order valence-corrected chi connectivity index (χ2v) is 5.88. The lowest BCUT2D eigenvalue weighted by molar-refractivity contribution is 0.114. The predicted octanol–water partition coefficient (Wildman–Crippen LogP) is 0.951. The largest absolute Gasteiger partial charge is 0.381 e. The number of nitrogens with one attached hydrogen (secondary N) is 1. The molecule has 0 radical (unpaired) electrons. The summed E-state index contributed by atoms with van der Waals surface area (Å²) in [6, 6.07) is 1.47. The summed E-state index contributed by atoms with van der Waals surface area (Å²) in [6.07, 6.45) is 1.26. The molecule has 0 amide bonds. The summed E-state index contributed by atoms with van der Waals surface area (Å²) in [7, 11) is 0. The number of hydrogen-bond donors (Lipinski definition) is 1. The van der Waals surface area contributed by atoms with Crippen LogP contribution in [0.3, 0.4) is 0 Å². The quantitative estimate of drug-likeness (QED) is 0.756. The first-order valence-electron chi connectivity index (χ1n) is 6.81. The van der Waals surface area contributed by atoms with Gasteiger partial charge in [-0.05, 0) is 51.1 Å². The van der Waals surface area contributed by atoms with Crippen LogP contribution in [0, 0.1) is 17.8 Å². The molecule has 3 aliphatic rings. The number of ether oxygens (including phenoxy) is 1. The predicted molar refractivity (Wildman–Crippen MR) is 64.4 cm³/mol. The second-order valence-electron chi connectivity index (χ2n) is 5.88. The van der Waals surface area contributed by atoms with Crippen molar-refractivity contribution < 1.29 is 4.74 Å². The number of likely N-dealkylation sites (tertiary alicyclic amines) is 1. The maximum absolute atomic E-state index is 5.53. The molecule has 0 aliphatic carbocycles. The summed E-state index contributed by atoms with van der Waals surface area (Å²) in [5, 5.41) is 3.53. The topological polar surface area (TPSA) is 24.5 Å². The molecule has 0 spiro atoms. The summed E-state index contributed by atoms with van der Waals surface area (Å²) in [4.78, 5) is 2.75. The number of hydrogen-bond acceptors (Lipinski definition) is 3. The van der Waals surface area contributed by atoms with E-state index in [2.05, 4.69) is 24.1 Å². The Morgan fingerprint density at radius 1 is 1.38 bits per heavy atom. The van der Waals surface area contributed by atoms with Crippen LogP contribution in [0.4, 0.5) is 0 Å². The molecule has 5 unspecified atom stereocenters. The smallest absolute Gasteiger partial charge is 0.0509 e. The molecule has 3 fully saturated rings. The molecule has 1 N–H and O–H groups in total. The van der Waals surface area contributed by atoms with E-state index < -0.39 is 0 Å². The zero-order valence-electron chi connectivity index (χ0n) is 10.5. The lowest BCUT2D eigenvalue weighted by Crippen LogP contribution is -2.43. The summed E-state index contributed by atoms with van der Waals surface area (Å²) in [5.74, 6) is 2.57. The monoisotopic (exact) mass is 224 g/mol. The van der Waals surface area contributed by atoms with Crippen molar-refractivity contribution in [2.45, 2.75) is 32.4 Å². The Balaban J connectivity index is 1.66. The molecule has 16 heavy (non-hydrogen) atoms. The van der Waals surface area contributed by atoms with Gasteiger partial charge in [-0.25, -0.2) is 0 Å². The van der Waals surface area contributed by atoms with Crippen LogP contribution in [0.1, 0.15) is 20.3 Å². The van der Waals surface area contributed by atoms with E-state index in [-0.39, 0.29) is 0 Å². The van der Waals surface area contributed by atoms with E-state index in [9.17, 15) is 0 Å². The van der Waals surface area contributed by atoms with E-state index in [1.165, 1.54) is 26.1 Å². The maximum Gasteiger partial charge on any atom is 0.0509 e. The van der Waals surface area contributed by atoms with Crippen molar-refractivity contribution in [3.05, 3.63) is 0 Å². The third-order valence-electron chi connectivity index (χ3n) is 5.15. The average Bonchev–Trinajstić information content (AvgIpc) is 2.95. The Morgan fingerprint density at radius 2 is 2.25 bits per heavy atom. The van der Waals surface area contributed by atoms with Crippen LogP contribution in [-0.4, -0.2) is 49.8 Å². The van der Waals surface area contributed by atoms with Crippen molar-refractivity contribution >= 4 is 0 Å². The molecule has 92 valence electrons. The van der Waals surface area contributed by atoms with Gasteiger partial charge in [0.15, 0.2) is 0 Å². The minimum absolute atomic E-state index is 0.711. The lowest BCUT2D eigenvalue weighted by atomic mass is 9.94. The van der Waals surface area contributed by atoms with Gasteiger partial charge in [-0.2, -0.15) is 0 Å².